The molecule has 2 heterocycles. The number of aromatic nitrogens is 2. The number of carbonyl (C=O) groups is 1. The summed E-state index contributed by atoms with van der Waals surface area (Å²) in [5.41, 5.74) is 0.492. The van der Waals surface area contributed by atoms with E-state index in [2.05, 4.69) is 15.3 Å². The number of carbonyl (C=O) groups excluding carboxylic acids is 1. The predicted molar refractivity (Wildman–Crippen MR) is 91.5 cm³/mol. The second kappa shape index (κ2) is 7.97. The Morgan fingerprint density at radius 3 is 2.87 bits per heavy atom. The lowest BCUT2D eigenvalue weighted by molar-refractivity contribution is 0.0226. The highest BCUT2D eigenvalue weighted by Crippen LogP contribution is 2.20. The van der Waals surface area contributed by atoms with E-state index < -0.39 is 5.60 Å². The minimum atomic E-state index is -0.454. The van der Waals surface area contributed by atoms with E-state index in [1.807, 2.05) is 31.9 Å². The number of ether oxygens (including phenoxy) is 1. The number of nitrogens with zero attached hydrogens (tertiary/aromatic N) is 3. The first-order valence-electron chi connectivity index (χ1n) is 7.95. The lowest BCUT2D eigenvalue weighted by Gasteiger charge is -2.28. The number of rotatable bonds is 5. The van der Waals surface area contributed by atoms with E-state index >= 15 is 0 Å². The summed E-state index contributed by atoms with van der Waals surface area (Å²) in [5.74, 6) is 0. The van der Waals surface area contributed by atoms with Crippen LogP contribution in [-0.4, -0.2) is 51.9 Å². The minimum absolute atomic E-state index is 0.180. The molecule has 0 spiro atoms. The first-order valence-corrected chi connectivity index (χ1v) is 9.17. The van der Waals surface area contributed by atoms with E-state index in [4.69, 9.17) is 4.74 Å². The maximum absolute atomic E-state index is 12.3. The Hall–Kier alpha value is -1.34. The summed E-state index contributed by atoms with van der Waals surface area (Å²) in [6.07, 6.45) is 7.21. The van der Waals surface area contributed by atoms with Crippen LogP contribution in [0.4, 0.5) is 4.79 Å². The molecule has 1 saturated heterocycles. The molecule has 23 heavy (non-hydrogen) atoms. The van der Waals surface area contributed by atoms with Crippen molar-refractivity contribution in [3.8, 4) is 0 Å². The fourth-order valence-electron chi connectivity index (χ4n) is 2.61. The van der Waals surface area contributed by atoms with E-state index in [9.17, 15) is 4.79 Å². The van der Waals surface area contributed by atoms with Crippen molar-refractivity contribution in [3.63, 3.8) is 0 Å². The van der Waals surface area contributed by atoms with Gasteiger partial charge in [0.05, 0.1) is 5.69 Å². The van der Waals surface area contributed by atoms with E-state index in [0.717, 1.165) is 36.7 Å². The molecule has 1 N–H and O–H groups in total. The van der Waals surface area contributed by atoms with Crippen LogP contribution in [0.5, 0.6) is 0 Å². The number of thioether (sulfide) groups is 1. The van der Waals surface area contributed by atoms with Gasteiger partial charge in [0.25, 0.3) is 0 Å². The van der Waals surface area contributed by atoms with Gasteiger partial charge in [0.2, 0.25) is 0 Å². The Balaban J connectivity index is 1.86. The average Bonchev–Trinajstić information content (AvgIpc) is 2.94. The standard InChI is InChI=1S/C16H26N4O2S/c1-16(2,3)22-15(21)20-9-5-6-12(20)10-17-11-13-14(23-4)19-8-7-18-13/h7-8,12,17H,5-6,9-11H2,1-4H3. The molecule has 0 bridgehead atoms. The van der Waals surface area contributed by atoms with Crippen LogP contribution in [0.1, 0.15) is 39.3 Å². The van der Waals surface area contributed by atoms with Crippen LogP contribution in [0.3, 0.4) is 0 Å². The summed E-state index contributed by atoms with van der Waals surface area (Å²) in [7, 11) is 0. The molecule has 1 amide bonds. The fraction of sp³-hybridized carbons (Fsp3) is 0.688. The molecule has 1 aliphatic heterocycles. The number of nitrogens with one attached hydrogen (secondary N) is 1. The molecule has 7 heteroatoms. The molecule has 6 nitrogen and oxygen atoms in total. The van der Waals surface area contributed by atoms with Crippen LogP contribution in [-0.2, 0) is 11.3 Å². The third-order valence-corrected chi connectivity index (χ3v) is 4.33. The molecule has 1 aromatic rings. The summed E-state index contributed by atoms with van der Waals surface area (Å²) >= 11 is 1.59. The summed E-state index contributed by atoms with van der Waals surface area (Å²) in [4.78, 5) is 22.8. The van der Waals surface area contributed by atoms with Crippen molar-refractivity contribution in [2.45, 2.75) is 56.8 Å². The topological polar surface area (TPSA) is 67.4 Å². The molecular formula is C16H26N4O2S. The van der Waals surface area contributed by atoms with Crippen LogP contribution >= 0.6 is 11.8 Å². The van der Waals surface area contributed by atoms with Crippen molar-refractivity contribution in [3.05, 3.63) is 18.1 Å². The van der Waals surface area contributed by atoms with Crippen LogP contribution in [0, 0.1) is 0 Å². The van der Waals surface area contributed by atoms with E-state index in [1.165, 1.54) is 0 Å². The molecule has 0 aromatic carbocycles. The minimum Gasteiger partial charge on any atom is -0.444 e. The molecule has 128 valence electrons. The van der Waals surface area contributed by atoms with Crippen molar-refractivity contribution in [1.29, 1.82) is 0 Å². The van der Waals surface area contributed by atoms with Gasteiger partial charge in [-0.25, -0.2) is 9.78 Å². The van der Waals surface area contributed by atoms with Crippen molar-refractivity contribution < 1.29 is 9.53 Å². The van der Waals surface area contributed by atoms with Crippen molar-refractivity contribution in [2.24, 2.45) is 0 Å². The van der Waals surface area contributed by atoms with Gasteiger partial charge in [0.1, 0.15) is 10.6 Å². The number of amides is 1. The van der Waals surface area contributed by atoms with Crippen molar-refractivity contribution >= 4 is 17.9 Å². The van der Waals surface area contributed by atoms with Gasteiger partial charge >= 0.3 is 6.09 Å². The molecule has 0 aliphatic carbocycles. The highest BCUT2D eigenvalue weighted by atomic mass is 32.2. The first kappa shape index (κ1) is 18.0. The quantitative estimate of drug-likeness (QED) is 0.833. The Bertz CT molecular complexity index is 533. The maximum Gasteiger partial charge on any atom is 0.410 e. The largest absolute Gasteiger partial charge is 0.444 e. The van der Waals surface area contributed by atoms with Gasteiger partial charge in [-0.15, -0.1) is 11.8 Å². The summed E-state index contributed by atoms with van der Waals surface area (Å²) in [6, 6.07) is 0.180. The van der Waals surface area contributed by atoms with E-state index in [-0.39, 0.29) is 12.1 Å². The van der Waals surface area contributed by atoms with Crippen molar-refractivity contribution in [2.75, 3.05) is 19.3 Å². The van der Waals surface area contributed by atoms with E-state index in [1.54, 1.807) is 24.2 Å². The van der Waals surface area contributed by atoms with Gasteiger partial charge in [-0.3, -0.25) is 4.98 Å². The molecule has 1 fully saturated rings. The monoisotopic (exact) mass is 338 g/mol. The Kier molecular flexibility index (Phi) is 6.24. The molecule has 0 saturated carbocycles. The summed E-state index contributed by atoms with van der Waals surface area (Å²) in [6.45, 7) is 7.85. The third-order valence-electron chi connectivity index (χ3n) is 3.61. The smallest absolute Gasteiger partial charge is 0.410 e. The van der Waals surface area contributed by atoms with Gasteiger partial charge in [0, 0.05) is 38.1 Å². The normalized spacial score (nSPS) is 18.3. The fourth-order valence-corrected chi connectivity index (χ4v) is 3.14. The van der Waals surface area contributed by atoms with E-state index in [0.29, 0.717) is 6.54 Å². The SMILES string of the molecule is CSc1nccnc1CNCC1CCCN1C(=O)OC(C)(C)C. The van der Waals surface area contributed by atoms with Gasteiger partial charge in [-0.1, -0.05) is 0 Å². The number of hydrogen-bond donors (Lipinski definition) is 1. The zero-order chi connectivity index (χ0) is 16.9. The zero-order valence-electron chi connectivity index (χ0n) is 14.3. The number of likely N-dealkylation sites (tertiary alicyclic amines) is 1. The lowest BCUT2D eigenvalue weighted by atomic mass is 10.2. The molecule has 2 rings (SSSR count). The summed E-state index contributed by atoms with van der Waals surface area (Å²) < 4.78 is 5.49. The van der Waals surface area contributed by atoms with Gasteiger partial charge in [-0.2, -0.15) is 0 Å². The van der Waals surface area contributed by atoms with Crippen molar-refractivity contribution in [1.82, 2.24) is 20.2 Å². The van der Waals surface area contributed by atoms with Crippen LogP contribution in [0.25, 0.3) is 0 Å². The molecular weight excluding hydrogens is 312 g/mol. The van der Waals surface area contributed by atoms with Gasteiger partial charge in [0.15, 0.2) is 0 Å². The first-order chi connectivity index (χ1) is 10.9. The third kappa shape index (κ3) is 5.35. The molecule has 1 atom stereocenters. The Morgan fingerprint density at radius 1 is 1.43 bits per heavy atom. The van der Waals surface area contributed by atoms with Crippen LogP contribution in [0.2, 0.25) is 0 Å². The van der Waals surface area contributed by atoms with Gasteiger partial charge < -0.3 is 15.0 Å². The summed E-state index contributed by atoms with van der Waals surface area (Å²) in [5, 5.41) is 4.34. The predicted octanol–water partition coefficient (Wildman–Crippen LogP) is 2.69. The number of hydrogen-bond acceptors (Lipinski definition) is 6. The second-order valence-corrected chi connectivity index (χ2v) is 7.41. The van der Waals surface area contributed by atoms with Gasteiger partial charge in [-0.05, 0) is 39.9 Å². The highest BCUT2D eigenvalue weighted by molar-refractivity contribution is 7.98. The second-order valence-electron chi connectivity index (χ2n) is 6.61. The molecule has 1 aromatic heterocycles. The Labute approximate surface area is 142 Å². The van der Waals surface area contributed by atoms with Crippen LogP contribution < -0.4 is 5.32 Å². The molecule has 1 unspecified atom stereocenters. The lowest BCUT2D eigenvalue weighted by Crippen LogP contribution is -2.44. The maximum atomic E-state index is 12.3. The highest BCUT2D eigenvalue weighted by Gasteiger charge is 2.31. The molecule has 0 radical (unpaired) electrons. The Morgan fingerprint density at radius 2 is 2.17 bits per heavy atom. The average molecular weight is 338 g/mol. The molecule has 1 aliphatic rings. The zero-order valence-corrected chi connectivity index (χ0v) is 15.2. The van der Waals surface area contributed by atoms with Crippen LogP contribution in [0.15, 0.2) is 17.4 Å².